The molecule has 0 saturated carbocycles. The van der Waals surface area contributed by atoms with Crippen LogP contribution in [-0.2, 0) is 6.54 Å². The molecular formula is C18H18Cl2N2O. The minimum absolute atomic E-state index is 0.0155. The summed E-state index contributed by atoms with van der Waals surface area (Å²) in [5.74, 6) is 0.0155. The molecule has 1 amide bonds. The van der Waals surface area contributed by atoms with Gasteiger partial charge in [-0.3, -0.25) is 9.69 Å². The Morgan fingerprint density at radius 2 is 1.57 bits per heavy atom. The fourth-order valence-corrected chi connectivity index (χ4v) is 3.10. The second kappa shape index (κ2) is 7.35. The smallest absolute Gasteiger partial charge is 0.255 e. The summed E-state index contributed by atoms with van der Waals surface area (Å²) in [6.45, 7) is 4.04. The SMILES string of the molecule is O=C(c1ccccc1Cl)N1CCN(Cc2ccc(Cl)cc2)CC1. The third kappa shape index (κ3) is 4.05. The first-order chi connectivity index (χ1) is 11.1. The van der Waals surface area contributed by atoms with Crippen molar-refractivity contribution in [3.05, 3.63) is 69.7 Å². The number of nitrogens with zero attached hydrogens (tertiary/aromatic N) is 2. The van der Waals surface area contributed by atoms with Crippen molar-refractivity contribution in [1.82, 2.24) is 9.80 Å². The first kappa shape index (κ1) is 16.3. The van der Waals surface area contributed by atoms with E-state index >= 15 is 0 Å². The first-order valence-electron chi connectivity index (χ1n) is 7.64. The van der Waals surface area contributed by atoms with Gasteiger partial charge in [-0.15, -0.1) is 0 Å². The van der Waals surface area contributed by atoms with Gasteiger partial charge in [-0.1, -0.05) is 47.5 Å². The molecule has 1 fully saturated rings. The van der Waals surface area contributed by atoms with Crippen LogP contribution in [-0.4, -0.2) is 41.9 Å². The van der Waals surface area contributed by atoms with Crippen LogP contribution in [0.3, 0.4) is 0 Å². The molecule has 0 bridgehead atoms. The summed E-state index contributed by atoms with van der Waals surface area (Å²) >= 11 is 12.0. The first-order valence-corrected chi connectivity index (χ1v) is 8.40. The van der Waals surface area contributed by atoms with Crippen LogP contribution in [0.4, 0.5) is 0 Å². The molecule has 0 atom stereocenters. The normalized spacial score (nSPS) is 15.7. The van der Waals surface area contributed by atoms with Crippen LogP contribution < -0.4 is 0 Å². The van der Waals surface area contributed by atoms with Crippen molar-refractivity contribution in [3.63, 3.8) is 0 Å². The van der Waals surface area contributed by atoms with Crippen molar-refractivity contribution in [1.29, 1.82) is 0 Å². The highest BCUT2D eigenvalue weighted by Gasteiger charge is 2.23. The van der Waals surface area contributed by atoms with Gasteiger partial charge in [-0.25, -0.2) is 0 Å². The lowest BCUT2D eigenvalue weighted by Crippen LogP contribution is -2.48. The van der Waals surface area contributed by atoms with Crippen molar-refractivity contribution in [2.45, 2.75) is 6.54 Å². The molecule has 0 unspecified atom stereocenters. The Kier molecular flexibility index (Phi) is 5.21. The van der Waals surface area contributed by atoms with Crippen molar-refractivity contribution < 1.29 is 4.79 Å². The monoisotopic (exact) mass is 348 g/mol. The van der Waals surface area contributed by atoms with Gasteiger partial charge in [0.2, 0.25) is 0 Å². The summed E-state index contributed by atoms with van der Waals surface area (Å²) in [7, 11) is 0. The van der Waals surface area contributed by atoms with Crippen molar-refractivity contribution in [3.8, 4) is 0 Å². The van der Waals surface area contributed by atoms with Crippen molar-refractivity contribution >= 4 is 29.1 Å². The van der Waals surface area contributed by atoms with Crippen LogP contribution in [0, 0.1) is 0 Å². The van der Waals surface area contributed by atoms with Gasteiger partial charge in [-0.2, -0.15) is 0 Å². The molecule has 23 heavy (non-hydrogen) atoms. The minimum atomic E-state index is 0.0155. The number of benzene rings is 2. The Hall–Kier alpha value is -1.55. The molecule has 0 N–H and O–H groups in total. The molecule has 120 valence electrons. The van der Waals surface area contributed by atoms with E-state index < -0.39 is 0 Å². The number of rotatable bonds is 3. The van der Waals surface area contributed by atoms with Gasteiger partial charge in [0.1, 0.15) is 0 Å². The van der Waals surface area contributed by atoms with E-state index in [9.17, 15) is 4.79 Å². The van der Waals surface area contributed by atoms with Crippen LogP contribution in [0.2, 0.25) is 10.0 Å². The number of piperazine rings is 1. The maximum Gasteiger partial charge on any atom is 0.255 e. The molecule has 1 aliphatic rings. The van der Waals surface area contributed by atoms with Gasteiger partial charge in [0.05, 0.1) is 10.6 Å². The van der Waals surface area contributed by atoms with Gasteiger partial charge in [0, 0.05) is 37.7 Å². The highest BCUT2D eigenvalue weighted by atomic mass is 35.5. The number of carbonyl (C=O) groups is 1. The Labute approximate surface area is 146 Å². The highest BCUT2D eigenvalue weighted by Crippen LogP contribution is 2.19. The third-order valence-electron chi connectivity index (χ3n) is 4.08. The third-order valence-corrected chi connectivity index (χ3v) is 4.66. The predicted octanol–water partition coefficient (Wildman–Crippen LogP) is 3.95. The van der Waals surface area contributed by atoms with Crippen molar-refractivity contribution in [2.24, 2.45) is 0 Å². The molecule has 1 heterocycles. The number of amides is 1. The minimum Gasteiger partial charge on any atom is -0.336 e. The zero-order chi connectivity index (χ0) is 16.2. The number of hydrogen-bond donors (Lipinski definition) is 0. The van der Waals surface area contributed by atoms with Crippen LogP contribution in [0.15, 0.2) is 48.5 Å². The number of hydrogen-bond acceptors (Lipinski definition) is 2. The molecule has 3 nitrogen and oxygen atoms in total. The fraction of sp³-hybridized carbons (Fsp3) is 0.278. The van der Waals surface area contributed by atoms with E-state index in [2.05, 4.69) is 4.90 Å². The van der Waals surface area contributed by atoms with E-state index in [1.54, 1.807) is 12.1 Å². The van der Waals surface area contributed by atoms with E-state index in [-0.39, 0.29) is 5.91 Å². The summed E-state index contributed by atoms with van der Waals surface area (Å²) in [5.41, 5.74) is 1.82. The summed E-state index contributed by atoms with van der Waals surface area (Å²) in [6, 6.07) is 15.1. The maximum absolute atomic E-state index is 12.5. The van der Waals surface area contributed by atoms with Crippen LogP contribution in [0.5, 0.6) is 0 Å². The molecule has 0 aromatic heterocycles. The second-order valence-corrected chi connectivity index (χ2v) is 6.52. The Morgan fingerprint density at radius 3 is 2.22 bits per heavy atom. The molecule has 5 heteroatoms. The van der Waals surface area contributed by atoms with Gasteiger partial charge >= 0.3 is 0 Å². The number of carbonyl (C=O) groups excluding carboxylic acids is 1. The molecule has 2 aromatic rings. The second-order valence-electron chi connectivity index (χ2n) is 5.67. The highest BCUT2D eigenvalue weighted by molar-refractivity contribution is 6.33. The Bertz CT molecular complexity index is 680. The lowest BCUT2D eigenvalue weighted by atomic mass is 10.1. The van der Waals surface area contributed by atoms with Gasteiger partial charge in [0.25, 0.3) is 5.91 Å². The van der Waals surface area contributed by atoms with Gasteiger partial charge < -0.3 is 4.90 Å². The lowest BCUT2D eigenvalue weighted by molar-refractivity contribution is 0.0628. The molecule has 2 aromatic carbocycles. The zero-order valence-corrected chi connectivity index (χ0v) is 14.2. The summed E-state index contributed by atoms with van der Waals surface area (Å²) < 4.78 is 0. The maximum atomic E-state index is 12.5. The number of halogens is 2. The molecule has 0 radical (unpaired) electrons. The summed E-state index contributed by atoms with van der Waals surface area (Å²) in [4.78, 5) is 16.8. The molecule has 1 aliphatic heterocycles. The van der Waals surface area contributed by atoms with Gasteiger partial charge in [0.15, 0.2) is 0 Å². The predicted molar refractivity (Wildman–Crippen MR) is 94.1 cm³/mol. The topological polar surface area (TPSA) is 23.6 Å². The van der Waals surface area contributed by atoms with E-state index in [4.69, 9.17) is 23.2 Å². The van der Waals surface area contributed by atoms with Crippen LogP contribution >= 0.6 is 23.2 Å². The molecular weight excluding hydrogens is 331 g/mol. The molecule has 3 rings (SSSR count). The van der Waals surface area contributed by atoms with E-state index in [0.29, 0.717) is 10.6 Å². The largest absolute Gasteiger partial charge is 0.336 e. The average Bonchev–Trinajstić information content (AvgIpc) is 2.57. The van der Waals surface area contributed by atoms with Crippen LogP contribution in [0.25, 0.3) is 0 Å². The molecule has 0 aliphatic carbocycles. The Morgan fingerprint density at radius 1 is 0.913 bits per heavy atom. The van der Waals surface area contributed by atoms with E-state index in [1.807, 2.05) is 41.3 Å². The quantitative estimate of drug-likeness (QED) is 0.838. The van der Waals surface area contributed by atoms with Gasteiger partial charge in [-0.05, 0) is 29.8 Å². The van der Waals surface area contributed by atoms with Crippen molar-refractivity contribution in [2.75, 3.05) is 26.2 Å². The van der Waals surface area contributed by atoms with E-state index in [0.717, 1.165) is 37.7 Å². The van der Waals surface area contributed by atoms with Crippen LogP contribution in [0.1, 0.15) is 15.9 Å². The molecule has 1 saturated heterocycles. The summed E-state index contributed by atoms with van der Waals surface area (Å²) in [6.07, 6.45) is 0. The van der Waals surface area contributed by atoms with E-state index in [1.165, 1.54) is 5.56 Å². The lowest BCUT2D eigenvalue weighted by Gasteiger charge is -2.35. The Balaban J connectivity index is 1.57. The molecule has 0 spiro atoms. The fourth-order valence-electron chi connectivity index (χ4n) is 2.76. The average molecular weight is 349 g/mol. The summed E-state index contributed by atoms with van der Waals surface area (Å²) in [5, 5.41) is 1.27. The zero-order valence-electron chi connectivity index (χ0n) is 12.7. The standard InChI is InChI=1S/C18H18Cl2N2O/c19-15-7-5-14(6-8-15)13-21-9-11-22(12-10-21)18(23)16-3-1-2-4-17(16)20/h1-8H,9-13H2.